The Morgan fingerprint density at radius 3 is 1.95 bits per heavy atom. The van der Waals surface area contributed by atoms with Gasteiger partial charge in [0, 0.05) is 35.0 Å². The summed E-state index contributed by atoms with van der Waals surface area (Å²) in [5, 5.41) is 11.5. The van der Waals surface area contributed by atoms with Gasteiger partial charge in [-0.05, 0) is 176 Å². The van der Waals surface area contributed by atoms with Gasteiger partial charge in [-0.2, -0.15) is 0 Å². The van der Waals surface area contributed by atoms with E-state index in [0.29, 0.717) is 61.9 Å². The van der Waals surface area contributed by atoms with Crippen LogP contribution in [0.5, 0.6) is 0 Å². The molecule has 8 aliphatic carbocycles. The van der Waals surface area contributed by atoms with Crippen molar-refractivity contribution >= 4 is 31.2 Å². The predicted octanol–water partition coefficient (Wildman–Crippen LogP) is 0.0953. The SMILES string of the molecule is C[C@H]([C@@H]1C[C@H]2C[C@](C)(OC2(C)C)[C@@H](CC[C@@H](C)[C@H]2CC[C@H]3C4=C(CC[C@]23C)[C@@]2(C)C[C@H](OS(=O)(=O)[O-])[C@H](OS(=O)(=O)[O-])[C@H](C)C2=CC4)O1)[C@H]1CC[C@H]2C3=C(CC[C@]12C)[C@]12CC[C@](O)(OC1)[C@@H](C)[C@@H]2[C@@H](OS(=O)(=O)[O-])C3.[Na+].[Na+].[Na+]. The van der Waals surface area contributed by atoms with Crippen molar-refractivity contribution in [2.75, 3.05) is 6.61 Å². The summed E-state index contributed by atoms with van der Waals surface area (Å²) in [4.78, 5) is 0. The molecule has 21 atom stereocenters. The molecule has 0 aromatic rings. The summed E-state index contributed by atoms with van der Waals surface area (Å²) in [6.45, 7) is 22.5. The van der Waals surface area contributed by atoms with Crippen molar-refractivity contribution in [3.63, 3.8) is 0 Å². The molecule has 424 valence electrons. The van der Waals surface area contributed by atoms with Crippen LogP contribution >= 0.6 is 0 Å². The maximum atomic E-state index is 12.3. The molecule has 0 aromatic heterocycles. The first kappa shape index (κ1) is 65.6. The standard InChI is InChI=1S/C56H86O16S3.3Na/c1-30(37-14-16-40-35-12-13-39-32(3)49(71-75(64,65)66)46(70-74(61,62)63)28-53(39,9)42(35)19-21-51(37,40)7)11-18-47-54(10)27-34(50(5,6)72-54)25-44(68-47)31(2)38-15-17-41-36-26-45(69-73(58,59)60)48-33(4)56(57)24-23-55(48,29-67-56)43(36)20-22-52(38,41)8;;;/h13,30-34,37-38,40-41,44-49,57H,11-12,14-29H2,1-10H3,(H,58,59,60)(H,61,62,63)(H,64,65,66);;;/q;3*+1/p-3/t30-,31+,32-,33+,34+,37-,38-,40+,41+,44+,45+,46+,47-,48-,49-,51-,52-,53+,54+,55+,56+;;;/m1.../s1. The summed E-state index contributed by atoms with van der Waals surface area (Å²) in [7, 11) is -15.5. The molecule has 12 rings (SSSR count). The molecule has 4 aliphatic heterocycles. The van der Waals surface area contributed by atoms with Gasteiger partial charge in [0.25, 0.3) is 0 Å². The average Bonchev–Trinajstić information content (AvgIpc) is 3.87. The van der Waals surface area contributed by atoms with Crippen molar-refractivity contribution in [3.05, 3.63) is 33.9 Å². The predicted molar refractivity (Wildman–Crippen MR) is 272 cm³/mol. The molecule has 22 heteroatoms. The van der Waals surface area contributed by atoms with Crippen molar-refractivity contribution < 1.29 is 159 Å². The van der Waals surface area contributed by atoms with E-state index in [-0.39, 0.29) is 147 Å². The molecular weight excluding hydrogens is 1090 g/mol. The van der Waals surface area contributed by atoms with Crippen LogP contribution < -0.4 is 88.7 Å². The Morgan fingerprint density at radius 1 is 0.744 bits per heavy atom. The molecule has 0 amide bonds. The van der Waals surface area contributed by atoms with Gasteiger partial charge in [-0.3, -0.25) is 12.5 Å². The van der Waals surface area contributed by atoms with E-state index in [9.17, 15) is 44.0 Å². The van der Waals surface area contributed by atoms with Crippen LogP contribution in [0.1, 0.15) is 178 Å². The van der Waals surface area contributed by atoms with Crippen molar-refractivity contribution in [3.8, 4) is 0 Å². The first-order chi connectivity index (χ1) is 34.7. The molecule has 0 aromatic carbocycles. The van der Waals surface area contributed by atoms with Crippen molar-refractivity contribution in [1.82, 2.24) is 0 Å². The van der Waals surface area contributed by atoms with Gasteiger partial charge >= 0.3 is 88.7 Å². The maximum absolute atomic E-state index is 12.3. The number of allylic oxidation sites excluding steroid dienone is 3. The number of ether oxygens (including phenoxy) is 3. The zero-order valence-corrected chi connectivity index (χ0v) is 57.2. The fourth-order valence-electron chi connectivity index (χ4n) is 20.7. The third-order valence-electron chi connectivity index (χ3n) is 24.1. The maximum Gasteiger partial charge on any atom is 1.00 e. The fourth-order valence-corrected chi connectivity index (χ4v) is 22.3. The largest absolute Gasteiger partial charge is 1.00 e. The van der Waals surface area contributed by atoms with Gasteiger partial charge in [0.1, 0.15) is 12.2 Å². The molecule has 4 bridgehead atoms. The van der Waals surface area contributed by atoms with Crippen molar-refractivity contribution in [2.24, 2.45) is 80.8 Å². The van der Waals surface area contributed by atoms with Gasteiger partial charge in [0.05, 0.1) is 36.1 Å². The van der Waals surface area contributed by atoms with E-state index in [0.717, 1.165) is 82.6 Å². The Hall–Kier alpha value is 1.67. The van der Waals surface area contributed by atoms with E-state index in [4.69, 9.17) is 26.8 Å². The van der Waals surface area contributed by atoms with Crippen LogP contribution in [0.15, 0.2) is 33.9 Å². The molecule has 1 spiro atoms. The Balaban J connectivity index is 0.00000268. The fraction of sp³-hybridized carbons (Fsp3) is 0.893. The second-order valence-corrected chi connectivity index (χ2v) is 30.8. The smallest absolute Gasteiger partial charge is 0.726 e. The molecule has 0 radical (unpaired) electrons. The van der Waals surface area contributed by atoms with Gasteiger partial charge in [0.15, 0.2) is 5.79 Å². The summed E-state index contributed by atoms with van der Waals surface area (Å²) in [6, 6.07) is 0. The normalized spacial score (nSPS) is 47.1. The van der Waals surface area contributed by atoms with E-state index in [1.165, 1.54) is 22.3 Å². The van der Waals surface area contributed by atoms with Gasteiger partial charge < -0.3 is 33.0 Å². The minimum Gasteiger partial charge on any atom is -0.726 e. The van der Waals surface area contributed by atoms with Gasteiger partial charge in [-0.25, -0.2) is 25.3 Å². The molecule has 1 N–H and O–H groups in total. The molecular formula is C56H83Na3O16S3. The summed E-state index contributed by atoms with van der Waals surface area (Å²) < 4.78 is 145. The Bertz CT molecular complexity index is 2780. The molecule has 12 aliphatic rings. The summed E-state index contributed by atoms with van der Waals surface area (Å²) >= 11 is 0. The quantitative estimate of drug-likeness (QED) is 0.118. The van der Waals surface area contributed by atoms with Crippen molar-refractivity contribution in [1.29, 1.82) is 0 Å². The molecule has 4 saturated carbocycles. The minimum absolute atomic E-state index is 0. The van der Waals surface area contributed by atoms with Gasteiger partial charge in [0.2, 0.25) is 31.2 Å². The minimum atomic E-state index is -5.25. The van der Waals surface area contributed by atoms with Gasteiger partial charge in [-0.15, -0.1) is 0 Å². The van der Waals surface area contributed by atoms with E-state index < -0.39 is 77.6 Å². The molecule has 78 heavy (non-hydrogen) atoms. The second kappa shape index (κ2) is 22.1. The van der Waals surface area contributed by atoms with Crippen molar-refractivity contribution in [2.45, 2.75) is 226 Å². The van der Waals surface area contributed by atoms with Crippen LogP contribution in [0.25, 0.3) is 0 Å². The van der Waals surface area contributed by atoms with E-state index in [1.54, 1.807) is 6.92 Å². The monoisotopic (exact) mass is 1180 g/mol. The van der Waals surface area contributed by atoms with Gasteiger partial charge in [-0.1, -0.05) is 82.4 Å². The number of rotatable bonds is 12. The number of aliphatic hydroxyl groups is 1. The molecule has 0 unspecified atom stereocenters. The average molecular weight is 1180 g/mol. The van der Waals surface area contributed by atoms with Crippen LogP contribution in [-0.4, -0.2) is 98.1 Å². The molecule has 8 fully saturated rings. The van der Waals surface area contributed by atoms with E-state index >= 15 is 0 Å². The Kier molecular flexibility index (Phi) is 18.6. The van der Waals surface area contributed by atoms with Crippen LogP contribution in [0.2, 0.25) is 0 Å². The van der Waals surface area contributed by atoms with E-state index in [2.05, 4.69) is 54.5 Å². The Labute approximate surface area is 532 Å². The van der Waals surface area contributed by atoms with Crippen LogP contribution in [0, 0.1) is 80.8 Å². The zero-order chi connectivity index (χ0) is 54.2. The third kappa shape index (κ3) is 10.9. The summed E-state index contributed by atoms with van der Waals surface area (Å²) in [5.41, 5.74) is 4.13. The summed E-state index contributed by atoms with van der Waals surface area (Å²) in [5.74, 6) is -0.472. The second-order valence-electron chi connectivity index (χ2n) is 27.8. The topological polar surface area (TPSA) is 247 Å². The number of hydrogen-bond donors (Lipinski definition) is 1. The number of fused-ring (bicyclic) bond motifs is 10. The van der Waals surface area contributed by atoms with Crippen LogP contribution in [-0.2, 0) is 58.0 Å². The summed E-state index contributed by atoms with van der Waals surface area (Å²) in [6.07, 6.45) is 11.9. The van der Waals surface area contributed by atoms with Crippen LogP contribution in [0.3, 0.4) is 0 Å². The van der Waals surface area contributed by atoms with Crippen LogP contribution in [0.4, 0.5) is 0 Å². The first-order valence-electron chi connectivity index (χ1n) is 28.4. The number of hydrogen-bond acceptors (Lipinski definition) is 16. The first-order valence-corrected chi connectivity index (χ1v) is 32.4. The molecule has 16 nitrogen and oxygen atoms in total. The molecule has 4 saturated heterocycles. The third-order valence-corrected chi connectivity index (χ3v) is 25.5. The van der Waals surface area contributed by atoms with E-state index in [1.807, 2.05) is 13.8 Å². The molecule has 4 heterocycles. The zero-order valence-electron chi connectivity index (χ0n) is 48.8. The Morgan fingerprint density at radius 2 is 1.33 bits per heavy atom.